The number of carboxylic acid groups (broad SMARTS) is 1. The third kappa shape index (κ3) is 2.73. The summed E-state index contributed by atoms with van der Waals surface area (Å²) in [6.07, 6.45) is 0. The van der Waals surface area contributed by atoms with Crippen LogP contribution in [0.1, 0.15) is 10.4 Å². The summed E-state index contributed by atoms with van der Waals surface area (Å²) in [5.41, 5.74) is 0.554. The lowest BCUT2D eigenvalue weighted by molar-refractivity contribution is -0.141. The second-order valence-corrected chi connectivity index (χ2v) is 3.84. The zero-order valence-electron chi connectivity index (χ0n) is 9.63. The van der Waals surface area contributed by atoms with Crippen molar-refractivity contribution in [2.75, 3.05) is 13.2 Å². The van der Waals surface area contributed by atoms with E-state index in [0.717, 1.165) is 10.8 Å². The number of benzene rings is 2. The van der Waals surface area contributed by atoms with Crippen LogP contribution in [0.3, 0.4) is 0 Å². The number of aliphatic carboxylic acids is 1. The van der Waals surface area contributed by atoms with Crippen LogP contribution in [0.15, 0.2) is 42.5 Å². The molecule has 0 spiro atoms. The number of carbonyl (C=O) groups is 2. The summed E-state index contributed by atoms with van der Waals surface area (Å²) >= 11 is 0. The molecule has 4 heteroatoms. The number of ketones is 1. The van der Waals surface area contributed by atoms with Gasteiger partial charge in [0.05, 0.1) is 0 Å². The van der Waals surface area contributed by atoms with Gasteiger partial charge in [-0.3, -0.25) is 4.79 Å². The molecule has 0 fully saturated rings. The molecule has 0 saturated heterocycles. The Bertz CT molecular complexity index is 584. The molecule has 0 bridgehead atoms. The zero-order valence-corrected chi connectivity index (χ0v) is 9.63. The molecular formula is C14H12O4. The third-order valence-corrected chi connectivity index (χ3v) is 2.55. The van der Waals surface area contributed by atoms with E-state index in [0.29, 0.717) is 5.56 Å². The molecule has 18 heavy (non-hydrogen) atoms. The van der Waals surface area contributed by atoms with Crippen molar-refractivity contribution in [1.82, 2.24) is 0 Å². The Balaban J connectivity index is 2.20. The fraction of sp³-hybridized carbons (Fsp3) is 0.143. The van der Waals surface area contributed by atoms with Crippen LogP contribution in [0.2, 0.25) is 0 Å². The molecule has 0 heterocycles. The topological polar surface area (TPSA) is 63.6 Å². The highest BCUT2D eigenvalue weighted by Crippen LogP contribution is 2.18. The molecule has 2 aromatic rings. The maximum absolute atomic E-state index is 11.9. The first kappa shape index (κ1) is 12.3. The Labute approximate surface area is 104 Å². The summed E-state index contributed by atoms with van der Waals surface area (Å²) in [6.45, 7) is -0.684. The lowest BCUT2D eigenvalue weighted by Gasteiger charge is -2.05. The van der Waals surface area contributed by atoms with Crippen LogP contribution in [0, 0.1) is 0 Å². The molecule has 0 radical (unpaired) electrons. The summed E-state index contributed by atoms with van der Waals surface area (Å²) in [5.74, 6) is -1.30. The molecule has 0 aliphatic carbocycles. The number of rotatable bonds is 5. The molecule has 4 nitrogen and oxygen atoms in total. The van der Waals surface area contributed by atoms with Gasteiger partial charge in [-0.2, -0.15) is 0 Å². The lowest BCUT2D eigenvalue weighted by Crippen LogP contribution is -2.14. The molecule has 0 atom stereocenters. The number of carboxylic acids is 1. The predicted octanol–water partition coefficient (Wildman–Crippen LogP) is 2.12. The molecule has 0 saturated carbocycles. The number of hydrogen-bond acceptors (Lipinski definition) is 3. The minimum atomic E-state index is -1.08. The monoisotopic (exact) mass is 244 g/mol. The highest BCUT2D eigenvalue weighted by molar-refractivity contribution is 6.08. The van der Waals surface area contributed by atoms with Gasteiger partial charge in [-0.1, -0.05) is 42.5 Å². The van der Waals surface area contributed by atoms with Gasteiger partial charge >= 0.3 is 5.97 Å². The fourth-order valence-electron chi connectivity index (χ4n) is 1.78. The summed E-state index contributed by atoms with van der Waals surface area (Å²) < 4.78 is 4.81. The molecular weight excluding hydrogens is 232 g/mol. The molecule has 0 amide bonds. The summed E-state index contributed by atoms with van der Waals surface area (Å²) in [6, 6.07) is 13.0. The number of ether oxygens (including phenoxy) is 1. The molecule has 0 aromatic heterocycles. The average Bonchev–Trinajstić information content (AvgIpc) is 2.37. The van der Waals surface area contributed by atoms with Gasteiger partial charge in [0.2, 0.25) is 0 Å². The van der Waals surface area contributed by atoms with Gasteiger partial charge in [0.25, 0.3) is 0 Å². The minimum absolute atomic E-state index is 0.215. The van der Waals surface area contributed by atoms with Gasteiger partial charge in [-0.15, -0.1) is 0 Å². The molecule has 1 N–H and O–H groups in total. The predicted molar refractivity (Wildman–Crippen MR) is 66.7 cm³/mol. The normalized spacial score (nSPS) is 10.4. The van der Waals surface area contributed by atoms with E-state index in [1.807, 2.05) is 30.3 Å². The van der Waals surface area contributed by atoms with Crippen molar-refractivity contribution in [3.05, 3.63) is 48.0 Å². The Morgan fingerprint density at radius 2 is 1.72 bits per heavy atom. The Morgan fingerprint density at radius 1 is 1.00 bits per heavy atom. The Morgan fingerprint density at radius 3 is 2.50 bits per heavy atom. The first-order valence-corrected chi connectivity index (χ1v) is 5.49. The van der Waals surface area contributed by atoms with Crippen LogP contribution in [0.25, 0.3) is 10.8 Å². The maximum atomic E-state index is 11.9. The average molecular weight is 244 g/mol. The van der Waals surface area contributed by atoms with Crippen LogP contribution in [-0.4, -0.2) is 30.1 Å². The first-order valence-electron chi connectivity index (χ1n) is 5.49. The van der Waals surface area contributed by atoms with Crippen LogP contribution < -0.4 is 0 Å². The quantitative estimate of drug-likeness (QED) is 0.818. The third-order valence-electron chi connectivity index (χ3n) is 2.55. The molecule has 2 rings (SSSR count). The summed E-state index contributed by atoms with van der Waals surface area (Å²) in [7, 11) is 0. The van der Waals surface area contributed by atoms with Gasteiger partial charge in [-0.25, -0.2) is 4.79 Å². The summed E-state index contributed by atoms with van der Waals surface area (Å²) in [5, 5.41) is 10.3. The minimum Gasteiger partial charge on any atom is -0.480 e. The summed E-state index contributed by atoms with van der Waals surface area (Å²) in [4.78, 5) is 22.2. The highest BCUT2D eigenvalue weighted by Gasteiger charge is 2.10. The van der Waals surface area contributed by atoms with Gasteiger partial charge in [0, 0.05) is 5.56 Å². The van der Waals surface area contributed by atoms with Crippen molar-refractivity contribution < 1.29 is 19.4 Å². The van der Waals surface area contributed by atoms with Crippen molar-refractivity contribution in [1.29, 1.82) is 0 Å². The van der Waals surface area contributed by atoms with Crippen molar-refractivity contribution in [2.24, 2.45) is 0 Å². The van der Waals surface area contributed by atoms with E-state index < -0.39 is 12.6 Å². The van der Waals surface area contributed by atoms with E-state index in [9.17, 15) is 9.59 Å². The SMILES string of the molecule is O=C(O)COCC(=O)c1cccc2ccccc12. The van der Waals surface area contributed by atoms with Crippen LogP contribution in [0.5, 0.6) is 0 Å². The van der Waals surface area contributed by atoms with Crippen LogP contribution in [0.4, 0.5) is 0 Å². The highest BCUT2D eigenvalue weighted by atomic mass is 16.5. The molecule has 0 unspecified atom stereocenters. The van der Waals surface area contributed by atoms with E-state index in [-0.39, 0.29) is 12.4 Å². The largest absolute Gasteiger partial charge is 0.480 e. The Hall–Kier alpha value is -2.20. The smallest absolute Gasteiger partial charge is 0.329 e. The number of Topliss-reactive ketones (excluding diaryl/α,β-unsaturated/α-hetero) is 1. The van der Waals surface area contributed by atoms with Crippen molar-refractivity contribution >= 4 is 22.5 Å². The van der Waals surface area contributed by atoms with Crippen molar-refractivity contribution in [3.8, 4) is 0 Å². The van der Waals surface area contributed by atoms with E-state index in [1.165, 1.54) is 0 Å². The zero-order chi connectivity index (χ0) is 13.0. The van der Waals surface area contributed by atoms with Gasteiger partial charge in [0.15, 0.2) is 5.78 Å². The number of fused-ring (bicyclic) bond motifs is 1. The number of carbonyl (C=O) groups excluding carboxylic acids is 1. The van der Waals surface area contributed by atoms with E-state index in [4.69, 9.17) is 9.84 Å². The second kappa shape index (κ2) is 5.42. The fourth-order valence-corrected chi connectivity index (χ4v) is 1.78. The Kier molecular flexibility index (Phi) is 3.69. The van der Waals surface area contributed by atoms with Crippen molar-refractivity contribution in [3.63, 3.8) is 0 Å². The first-order chi connectivity index (χ1) is 8.68. The lowest BCUT2D eigenvalue weighted by atomic mass is 10.0. The maximum Gasteiger partial charge on any atom is 0.329 e. The molecule has 0 aliphatic rings. The van der Waals surface area contributed by atoms with E-state index in [2.05, 4.69) is 0 Å². The molecule has 92 valence electrons. The molecule has 2 aromatic carbocycles. The van der Waals surface area contributed by atoms with Gasteiger partial charge < -0.3 is 9.84 Å². The van der Waals surface area contributed by atoms with E-state index in [1.54, 1.807) is 12.1 Å². The standard InChI is InChI=1S/C14H12O4/c15-13(8-18-9-14(16)17)12-7-3-5-10-4-1-2-6-11(10)12/h1-7H,8-9H2,(H,16,17). The van der Waals surface area contributed by atoms with Crippen molar-refractivity contribution in [2.45, 2.75) is 0 Å². The number of hydrogen-bond donors (Lipinski definition) is 1. The van der Waals surface area contributed by atoms with Gasteiger partial charge in [0.1, 0.15) is 13.2 Å². The van der Waals surface area contributed by atoms with Crippen LogP contribution >= 0.6 is 0 Å². The molecule has 0 aliphatic heterocycles. The van der Waals surface area contributed by atoms with Gasteiger partial charge in [-0.05, 0) is 10.8 Å². The van der Waals surface area contributed by atoms with E-state index >= 15 is 0 Å². The van der Waals surface area contributed by atoms with Crippen LogP contribution in [-0.2, 0) is 9.53 Å². The second-order valence-electron chi connectivity index (χ2n) is 3.84.